The fourth-order valence-corrected chi connectivity index (χ4v) is 3.43. The van der Waals surface area contributed by atoms with Crippen LogP contribution >= 0.6 is 0 Å². The first-order valence-electron chi connectivity index (χ1n) is 6.38. The second-order valence-corrected chi connectivity index (χ2v) is 6.27. The van der Waals surface area contributed by atoms with E-state index in [-0.39, 0.29) is 0 Å². The summed E-state index contributed by atoms with van der Waals surface area (Å²) in [6.07, 6.45) is 3.05. The van der Waals surface area contributed by atoms with Gasteiger partial charge in [-0.3, -0.25) is 0 Å². The minimum atomic E-state index is -3.53. The van der Waals surface area contributed by atoms with Gasteiger partial charge in [-0.2, -0.15) is 0 Å². The lowest BCUT2D eigenvalue weighted by molar-refractivity contribution is 0.584. The van der Waals surface area contributed by atoms with Gasteiger partial charge in [-0.1, -0.05) is 26.0 Å². The predicted octanol–water partition coefficient (Wildman–Crippen LogP) is 2.55. The Morgan fingerprint density at radius 3 is 2.26 bits per heavy atom. The van der Waals surface area contributed by atoms with E-state index in [9.17, 15) is 8.42 Å². The molecule has 1 heterocycles. The van der Waals surface area contributed by atoms with Crippen LogP contribution in [-0.4, -0.2) is 17.4 Å². The summed E-state index contributed by atoms with van der Waals surface area (Å²) < 4.78 is 26.4. The van der Waals surface area contributed by atoms with Gasteiger partial charge in [-0.25, -0.2) is 17.4 Å². The zero-order chi connectivity index (χ0) is 14.0. The van der Waals surface area contributed by atoms with E-state index in [4.69, 9.17) is 0 Å². The quantitative estimate of drug-likeness (QED) is 0.863. The van der Waals surface area contributed by atoms with Crippen LogP contribution in [0.25, 0.3) is 0 Å². The van der Waals surface area contributed by atoms with Gasteiger partial charge in [0.05, 0.1) is 10.6 Å². The van der Waals surface area contributed by atoms with E-state index in [0.29, 0.717) is 22.8 Å². The standard InChI is InChI=1S/C14H18N2O2S/c1-4-12-6-8-13(9-7-12)19(17,18)16-10-11(3)15-14(16)5-2/h6-10H,4-5H2,1-3H3. The summed E-state index contributed by atoms with van der Waals surface area (Å²) in [6, 6.07) is 7.01. The maximum Gasteiger partial charge on any atom is 0.269 e. The van der Waals surface area contributed by atoms with Crippen molar-refractivity contribution >= 4 is 10.0 Å². The Hall–Kier alpha value is -1.62. The van der Waals surface area contributed by atoms with Crippen LogP contribution in [0.1, 0.15) is 30.9 Å². The lowest BCUT2D eigenvalue weighted by Gasteiger charge is -2.08. The average molecular weight is 278 g/mol. The van der Waals surface area contributed by atoms with Gasteiger partial charge in [0, 0.05) is 12.6 Å². The molecule has 2 rings (SSSR count). The SMILES string of the molecule is CCc1ccc(S(=O)(=O)n2cc(C)nc2CC)cc1. The summed E-state index contributed by atoms with van der Waals surface area (Å²) in [5.74, 6) is 0.567. The van der Waals surface area contributed by atoms with Crippen LogP contribution in [0.4, 0.5) is 0 Å². The second-order valence-electron chi connectivity index (χ2n) is 4.45. The summed E-state index contributed by atoms with van der Waals surface area (Å²) in [7, 11) is -3.53. The Bertz CT molecular complexity index is 670. The average Bonchev–Trinajstić information content (AvgIpc) is 2.81. The maximum absolute atomic E-state index is 12.5. The highest BCUT2D eigenvalue weighted by Crippen LogP contribution is 2.17. The van der Waals surface area contributed by atoms with Crippen molar-refractivity contribution in [2.24, 2.45) is 0 Å². The topological polar surface area (TPSA) is 52.0 Å². The molecule has 0 spiro atoms. The summed E-state index contributed by atoms with van der Waals surface area (Å²) in [4.78, 5) is 4.54. The van der Waals surface area contributed by atoms with Crippen LogP contribution < -0.4 is 0 Å². The van der Waals surface area contributed by atoms with Crippen molar-refractivity contribution < 1.29 is 8.42 Å². The molecular formula is C14H18N2O2S. The lowest BCUT2D eigenvalue weighted by Crippen LogP contribution is -2.15. The zero-order valence-electron chi connectivity index (χ0n) is 11.4. The van der Waals surface area contributed by atoms with E-state index in [1.165, 1.54) is 3.97 Å². The largest absolute Gasteiger partial charge is 0.269 e. The zero-order valence-corrected chi connectivity index (χ0v) is 12.2. The molecule has 4 nitrogen and oxygen atoms in total. The van der Waals surface area contributed by atoms with Crippen molar-refractivity contribution in [3.05, 3.63) is 47.5 Å². The molecule has 1 aromatic heterocycles. The molecule has 0 N–H and O–H groups in total. The minimum absolute atomic E-state index is 0.303. The summed E-state index contributed by atoms with van der Waals surface area (Å²) in [5, 5.41) is 0. The molecule has 1 aromatic carbocycles. The first-order valence-corrected chi connectivity index (χ1v) is 7.82. The number of benzene rings is 1. The van der Waals surface area contributed by atoms with Crippen molar-refractivity contribution in [1.82, 2.24) is 8.96 Å². The molecule has 19 heavy (non-hydrogen) atoms. The highest BCUT2D eigenvalue weighted by molar-refractivity contribution is 7.90. The predicted molar refractivity (Wildman–Crippen MR) is 74.7 cm³/mol. The van der Waals surface area contributed by atoms with E-state index in [2.05, 4.69) is 4.98 Å². The number of hydrogen-bond acceptors (Lipinski definition) is 3. The molecule has 0 fully saturated rings. The van der Waals surface area contributed by atoms with Gasteiger partial charge in [0.1, 0.15) is 5.82 Å². The molecule has 5 heteroatoms. The number of imidazole rings is 1. The summed E-state index contributed by atoms with van der Waals surface area (Å²) >= 11 is 0. The van der Waals surface area contributed by atoms with Gasteiger partial charge in [0.15, 0.2) is 0 Å². The highest BCUT2D eigenvalue weighted by atomic mass is 32.2. The number of aryl methyl sites for hydroxylation is 3. The molecule has 0 saturated heterocycles. The van der Waals surface area contributed by atoms with Crippen molar-refractivity contribution in [3.63, 3.8) is 0 Å². The Labute approximate surface area is 114 Å². The summed E-state index contributed by atoms with van der Waals surface area (Å²) in [5.41, 5.74) is 1.84. The van der Waals surface area contributed by atoms with Crippen molar-refractivity contribution in [2.75, 3.05) is 0 Å². The van der Waals surface area contributed by atoms with Crippen LogP contribution in [0, 0.1) is 6.92 Å². The molecule has 0 saturated carbocycles. The molecule has 0 amide bonds. The normalized spacial score (nSPS) is 11.7. The van der Waals surface area contributed by atoms with Crippen molar-refractivity contribution in [1.29, 1.82) is 0 Å². The molecule has 0 unspecified atom stereocenters. The van der Waals surface area contributed by atoms with Crippen LogP contribution in [0.5, 0.6) is 0 Å². The minimum Gasteiger partial charge on any atom is -0.238 e. The van der Waals surface area contributed by atoms with Crippen LogP contribution in [0.2, 0.25) is 0 Å². The molecule has 0 aliphatic heterocycles. The van der Waals surface area contributed by atoms with E-state index >= 15 is 0 Å². The maximum atomic E-state index is 12.5. The van der Waals surface area contributed by atoms with Gasteiger partial charge >= 0.3 is 0 Å². The third-order valence-electron chi connectivity index (χ3n) is 3.07. The van der Waals surface area contributed by atoms with E-state index in [1.807, 2.05) is 26.0 Å². The third-order valence-corrected chi connectivity index (χ3v) is 4.77. The number of aromatic nitrogens is 2. The highest BCUT2D eigenvalue weighted by Gasteiger charge is 2.20. The van der Waals surface area contributed by atoms with E-state index in [0.717, 1.165) is 12.0 Å². The first kappa shape index (κ1) is 13.8. The van der Waals surface area contributed by atoms with Crippen LogP contribution in [-0.2, 0) is 22.9 Å². The summed E-state index contributed by atoms with van der Waals surface area (Å²) in [6.45, 7) is 5.73. The molecule has 0 aliphatic carbocycles. The van der Waals surface area contributed by atoms with E-state index < -0.39 is 10.0 Å². The molecule has 102 valence electrons. The van der Waals surface area contributed by atoms with Crippen LogP contribution in [0.3, 0.4) is 0 Å². The monoisotopic (exact) mass is 278 g/mol. The Morgan fingerprint density at radius 2 is 1.74 bits per heavy atom. The molecule has 0 bridgehead atoms. The molecule has 0 aliphatic rings. The Morgan fingerprint density at radius 1 is 1.11 bits per heavy atom. The van der Waals surface area contributed by atoms with Gasteiger partial charge in [-0.05, 0) is 31.0 Å². The number of nitrogens with zero attached hydrogens (tertiary/aromatic N) is 2. The smallest absolute Gasteiger partial charge is 0.238 e. The van der Waals surface area contributed by atoms with Crippen LogP contribution in [0.15, 0.2) is 35.4 Å². The molecule has 0 atom stereocenters. The number of hydrogen-bond donors (Lipinski definition) is 0. The fraction of sp³-hybridized carbons (Fsp3) is 0.357. The number of rotatable bonds is 4. The first-order chi connectivity index (χ1) is 8.98. The molecular weight excluding hydrogens is 260 g/mol. The van der Waals surface area contributed by atoms with Gasteiger partial charge in [-0.15, -0.1) is 0 Å². The van der Waals surface area contributed by atoms with Gasteiger partial charge < -0.3 is 0 Å². The lowest BCUT2D eigenvalue weighted by atomic mass is 10.2. The van der Waals surface area contributed by atoms with E-state index in [1.54, 1.807) is 25.3 Å². The van der Waals surface area contributed by atoms with Crippen molar-refractivity contribution in [2.45, 2.75) is 38.5 Å². The molecule has 2 aromatic rings. The third kappa shape index (κ3) is 2.56. The fourth-order valence-electron chi connectivity index (χ4n) is 1.98. The Balaban J connectivity index is 2.51. The Kier molecular flexibility index (Phi) is 3.75. The molecule has 0 radical (unpaired) electrons. The van der Waals surface area contributed by atoms with Gasteiger partial charge in [0.2, 0.25) is 0 Å². The van der Waals surface area contributed by atoms with Crippen molar-refractivity contribution in [3.8, 4) is 0 Å². The van der Waals surface area contributed by atoms with Gasteiger partial charge in [0.25, 0.3) is 10.0 Å². The second kappa shape index (κ2) is 5.17.